The van der Waals surface area contributed by atoms with Crippen molar-refractivity contribution in [1.82, 2.24) is 9.29 Å². The number of hydrogen-bond acceptors (Lipinski definition) is 6. The molecule has 0 spiro atoms. The average molecular weight is 337 g/mol. The standard InChI is InChI=1S/C14H15N3O3S2/c1-19-11-4-2-10(3-5-11)12-8-21-13(15-12)16-14(18)17-6-7-20-9-22-17/h2-5,8H,6-7,9H2,1H3,(H,15,16,18). The van der Waals surface area contributed by atoms with Crippen LogP contribution in [0.1, 0.15) is 0 Å². The number of ether oxygens (including phenoxy) is 2. The second-order valence-electron chi connectivity index (χ2n) is 4.45. The predicted octanol–water partition coefficient (Wildman–Crippen LogP) is 3.29. The van der Waals surface area contributed by atoms with Crippen molar-refractivity contribution in [3.8, 4) is 17.0 Å². The highest BCUT2D eigenvalue weighted by Crippen LogP contribution is 2.27. The minimum Gasteiger partial charge on any atom is -0.497 e. The molecule has 0 radical (unpaired) electrons. The molecule has 2 aromatic rings. The van der Waals surface area contributed by atoms with Gasteiger partial charge in [-0.1, -0.05) is 0 Å². The third-order valence-corrected chi connectivity index (χ3v) is 4.75. The normalized spacial score (nSPS) is 14.7. The number of nitrogens with zero attached hydrogens (tertiary/aromatic N) is 2. The molecule has 1 fully saturated rings. The number of methoxy groups -OCH3 is 1. The van der Waals surface area contributed by atoms with E-state index in [0.717, 1.165) is 17.0 Å². The second kappa shape index (κ2) is 6.99. The van der Waals surface area contributed by atoms with Gasteiger partial charge in [-0.05, 0) is 36.2 Å². The summed E-state index contributed by atoms with van der Waals surface area (Å²) < 4.78 is 12.0. The van der Waals surface area contributed by atoms with Gasteiger partial charge in [0.25, 0.3) is 0 Å². The number of hydrogen-bond donors (Lipinski definition) is 1. The summed E-state index contributed by atoms with van der Waals surface area (Å²) in [4.78, 5) is 16.5. The summed E-state index contributed by atoms with van der Waals surface area (Å²) in [5.74, 6) is 1.31. The molecule has 0 unspecified atom stereocenters. The van der Waals surface area contributed by atoms with E-state index in [2.05, 4.69) is 10.3 Å². The summed E-state index contributed by atoms with van der Waals surface area (Å²) in [6.07, 6.45) is 0. The minimum absolute atomic E-state index is 0.163. The Morgan fingerprint density at radius 3 is 2.91 bits per heavy atom. The maximum atomic E-state index is 12.1. The number of urea groups is 1. The van der Waals surface area contributed by atoms with E-state index in [1.807, 2.05) is 29.6 Å². The number of rotatable bonds is 3. The first kappa shape index (κ1) is 15.1. The molecule has 1 aliphatic rings. The van der Waals surface area contributed by atoms with Crippen LogP contribution >= 0.6 is 23.3 Å². The van der Waals surface area contributed by atoms with Crippen LogP contribution in [0.15, 0.2) is 29.6 Å². The Kier molecular flexibility index (Phi) is 4.81. The van der Waals surface area contributed by atoms with Crippen molar-refractivity contribution in [2.45, 2.75) is 0 Å². The SMILES string of the molecule is COc1ccc(-c2csc(NC(=O)N3CCOCS3)n2)cc1. The highest BCUT2D eigenvalue weighted by molar-refractivity contribution is 7.97. The topological polar surface area (TPSA) is 63.7 Å². The van der Waals surface area contributed by atoms with E-state index in [0.29, 0.717) is 24.2 Å². The van der Waals surface area contributed by atoms with E-state index in [4.69, 9.17) is 9.47 Å². The predicted molar refractivity (Wildman–Crippen MR) is 88.2 cm³/mol. The van der Waals surface area contributed by atoms with Crippen LogP contribution in [0.5, 0.6) is 5.75 Å². The van der Waals surface area contributed by atoms with Gasteiger partial charge in [-0.15, -0.1) is 11.3 Å². The third kappa shape index (κ3) is 3.52. The zero-order chi connectivity index (χ0) is 15.4. The lowest BCUT2D eigenvalue weighted by Gasteiger charge is -2.24. The van der Waals surface area contributed by atoms with Crippen molar-refractivity contribution >= 4 is 34.4 Å². The lowest BCUT2D eigenvalue weighted by atomic mass is 10.2. The van der Waals surface area contributed by atoms with Crippen molar-refractivity contribution in [2.75, 3.05) is 31.5 Å². The molecule has 6 nitrogen and oxygen atoms in total. The molecule has 3 rings (SSSR count). The van der Waals surface area contributed by atoms with Crippen molar-refractivity contribution in [1.29, 1.82) is 0 Å². The molecule has 0 aliphatic carbocycles. The summed E-state index contributed by atoms with van der Waals surface area (Å²) >= 11 is 2.77. The average Bonchev–Trinajstić information content (AvgIpc) is 3.04. The van der Waals surface area contributed by atoms with Crippen LogP contribution in [0.2, 0.25) is 0 Å². The Balaban J connectivity index is 1.66. The number of thiazole rings is 1. The minimum atomic E-state index is -0.163. The number of anilines is 1. The zero-order valence-electron chi connectivity index (χ0n) is 11.9. The molecule has 0 bridgehead atoms. The van der Waals surface area contributed by atoms with Crippen molar-refractivity contribution in [3.63, 3.8) is 0 Å². The van der Waals surface area contributed by atoms with Crippen LogP contribution in [0.4, 0.5) is 9.93 Å². The Morgan fingerprint density at radius 2 is 2.23 bits per heavy atom. The highest BCUT2D eigenvalue weighted by Gasteiger charge is 2.19. The van der Waals surface area contributed by atoms with E-state index in [9.17, 15) is 4.79 Å². The van der Waals surface area contributed by atoms with Gasteiger partial charge in [-0.25, -0.2) is 9.78 Å². The molecule has 0 atom stereocenters. The summed E-state index contributed by atoms with van der Waals surface area (Å²) in [6.45, 7) is 1.14. The van der Waals surface area contributed by atoms with E-state index < -0.39 is 0 Å². The van der Waals surface area contributed by atoms with E-state index in [-0.39, 0.29) is 6.03 Å². The van der Waals surface area contributed by atoms with Crippen LogP contribution in [0, 0.1) is 0 Å². The summed E-state index contributed by atoms with van der Waals surface area (Å²) in [5, 5.41) is 5.32. The molecule has 1 saturated heterocycles. The molecule has 0 saturated carbocycles. The number of carbonyl (C=O) groups is 1. The first-order valence-corrected chi connectivity index (χ1v) is 8.47. The van der Waals surface area contributed by atoms with Crippen molar-refractivity contribution in [3.05, 3.63) is 29.6 Å². The van der Waals surface area contributed by atoms with Gasteiger partial charge in [-0.2, -0.15) is 0 Å². The van der Waals surface area contributed by atoms with Gasteiger partial charge in [0.1, 0.15) is 11.7 Å². The van der Waals surface area contributed by atoms with Crippen LogP contribution < -0.4 is 10.1 Å². The Morgan fingerprint density at radius 1 is 1.41 bits per heavy atom. The molecular formula is C14H15N3O3S2. The molecule has 1 aliphatic heterocycles. The van der Waals surface area contributed by atoms with Gasteiger partial charge >= 0.3 is 6.03 Å². The van der Waals surface area contributed by atoms with Gasteiger partial charge in [0, 0.05) is 10.9 Å². The van der Waals surface area contributed by atoms with E-state index in [1.54, 1.807) is 11.4 Å². The second-order valence-corrected chi connectivity index (χ2v) is 6.25. The van der Waals surface area contributed by atoms with Crippen LogP contribution in [-0.2, 0) is 4.74 Å². The molecule has 2 heterocycles. The molecule has 8 heteroatoms. The number of aromatic nitrogens is 1. The molecule has 116 valence electrons. The first-order valence-electron chi connectivity index (χ1n) is 6.65. The molecule has 2 amide bonds. The molecular weight excluding hydrogens is 322 g/mol. The maximum Gasteiger partial charge on any atom is 0.333 e. The third-order valence-electron chi connectivity index (χ3n) is 3.06. The highest BCUT2D eigenvalue weighted by atomic mass is 32.2. The van der Waals surface area contributed by atoms with Gasteiger partial charge in [0.15, 0.2) is 5.13 Å². The summed E-state index contributed by atoms with van der Waals surface area (Å²) in [6, 6.07) is 7.49. The molecule has 22 heavy (non-hydrogen) atoms. The van der Waals surface area contributed by atoms with Crippen LogP contribution in [0.25, 0.3) is 11.3 Å². The molecule has 1 aromatic carbocycles. The fourth-order valence-corrected chi connectivity index (χ4v) is 3.31. The maximum absolute atomic E-state index is 12.1. The van der Waals surface area contributed by atoms with E-state index in [1.165, 1.54) is 23.3 Å². The lowest BCUT2D eigenvalue weighted by molar-refractivity contribution is 0.152. The van der Waals surface area contributed by atoms with Gasteiger partial charge in [0.05, 0.1) is 26.0 Å². The summed E-state index contributed by atoms with van der Waals surface area (Å²) in [5.41, 5.74) is 1.82. The van der Waals surface area contributed by atoms with Crippen LogP contribution in [-0.4, -0.2) is 41.5 Å². The van der Waals surface area contributed by atoms with Gasteiger partial charge < -0.3 is 9.47 Å². The number of benzene rings is 1. The van der Waals surface area contributed by atoms with Crippen molar-refractivity contribution in [2.24, 2.45) is 0 Å². The summed E-state index contributed by atoms with van der Waals surface area (Å²) in [7, 11) is 1.63. The largest absolute Gasteiger partial charge is 0.497 e. The molecule has 1 aromatic heterocycles. The number of nitrogens with one attached hydrogen (secondary N) is 1. The fourth-order valence-electron chi connectivity index (χ4n) is 1.91. The first-order chi connectivity index (χ1) is 10.8. The van der Waals surface area contributed by atoms with Crippen LogP contribution in [0.3, 0.4) is 0 Å². The Hall–Kier alpha value is -1.77. The Bertz CT molecular complexity index is 639. The number of carbonyl (C=O) groups excluding carboxylic acids is 1. The smallest absolute Gasteiger partial charge is 0.333 e. The Labute approximate surface area is 136 Å². The quantitative estimate of drug-likeness (QED) is 0.871. The van der Waals surface area contributed by atoms with Gasteiger partial charge in [0.2, 0.25) is 0 Å². The van der Waals surface area contributed by atoms with Gasteiger partial charge in [-0.3, -0.25) is 9.62 Å². The lowest BCUT2D eigenvalue weighted by Crippen LogP contribution is -2.35. The molecule has 1 N–H and O–H groups in total. The number of amides is 2. The zero-order valence-corrected chi connectivity index (χ0v) is 13.6. The monoisotopic (exact) mass is 337 g/mol. The van der Waals surface area contributed by atoms with E-state index >= 15 is 0 Å². The fraction of sp³-hybridized carbons (Fsp3) is 0.286. The van der Waals surface area contributed by atoms with Crippen molar-refractivity contribution < 1.29 is 14.3 Å².